The van der Waals surface area contributed by atoms with E-state index in [1.807, 2.05) is 0 Å². The Morgan fingerprint density at radius 3 is 1.39 bits per heavy atom. The van der Waals surface area contributed by atoms with Gasteiger partial charge in [0.25, 0.3) is 0 Å². The largest absolute Gasteiger partial charge is 0.310 e. The summed E-state index contributed by atoms with van der Waals surface area (Å²) < 4.78 is 0. The number of anilines is 3. The molecule has 0 aliphatic heterocycles. The van der Waals surface area contributed by atoms with Crippen molar-refractivity contribution in [3.63, 3.8) is 0 Å². The van der Waals surface area contributed by atoms with E-state index in [0.29, 0.717) is 0 Å². The van der Waals surface area contributed by atoms with Crippen molar-refractivity contribution in [2.75, 3.05) is 4.90 Å². The Balaban J connectivity index is 1.15. The standard InChI is InChI=1S/C63H67N/c1-57(2)51-26-19-18-25-47(51)48-33-32-46(37-53(48)57)64(45-24-20-23-42(35-45)40-21-16-15-17-22-40)44-30-27-41(28-31-44)49-38-55-56(61(9,10)63(13,14)60(55,7)8)39-50(49)43-29-34-52-54(36-43)59(5,6)62(11,12)58(52,3)4/h15-39H,1-14H3. The van der Waals surface area contributed by atoms with Crippen LogP contribution in [-0.4, -0.2) is 0 Å². The van der Waals surface area contributed by atoms with Crippen LogP contribution in [-0.2, 0) is 27.1 Å². The highest BCUT2D eigenvalue weighted by molar-refractivity contribution is 5.90. The van der Waals surface area contributed by atoms with Crippen LogP contribution in [0.1, 0.15) is 130 Å². The molecule has 0 bridgehead atoms. The van der Waals surface area contributed by atoms with Gasteiger partial charge in [-0.25, -0.2) is 0 Å². The van der Waals surface area contributed by atoms with Crippen LogP contribution in [0.25, 0.3) is 44.5 Å². The van der Waals surface area contributed by atoms with Gasteiger partial charge in [-0.3, -0.25) is 0 Å². The fraction of sp³-hybridized carbons (Fsp3) is 0.333. The monoisotopic (exact) mass is 838 g/mol. The van der Waals surface area contributed by atoms with E-state index in [9.17, 15) is 0 Å². The Morgan fingerprint density at radius 2 is 0.750 bits per heavy atom. The lowest BCUT2D eigenvalue weighted by molar-refractivity contribution is 0.125. The molecular weight excluding hydrogens is 771 g/mol. The lowest BCUT2D eigenvalue weighted by Crippen LogP contribution is -2.42. The first-order valence-corrected chi connectivity index (χ1v) is 23.7. The fourth-order valence-electron chi connectivity index (χ4n) is 12.3. The van der Waals surface area contributed by atoms with Crippen LogP contribution < -0.4 is 4.90 Å². The van der Waals surface area contributed by atoms with Gasteiger partial charge in [-0.05, 0) is 159 Å². The predicted molar refractivity (Wildman–Crippen MR) is 275 cm³/mol. The summed E-state index contributed by atoms with van der Waals surface area (Å²) in [5.74, 6) is 0. The Morgan fingerprint density at radius 1 is 0.266 bits per heavy atom. The van der Waals surface area contributed by atoms with E-state index in [1.54, 1.807) is 0 Å². The molecule has 0 saturated carbocycles. The van der Waals surface area contributed by atoms with Gasteiger partial charge >= 0.3 is 0 Å². The van der Waals surface area contributed by atoms with Gasteiger partial charge in [-0.2, -0.15) is 0 Å². The van der Waals surface area contributed by atoms with Gasteiger partial charge in [-0.1, -0.05) is 200 Å². The van der Waals surface area contributed by atoms with Gasteiger partial charge < -0.3 is 4.90 Å². The average Bonchev–Trinajstić information content (AvgIpc) is 3.61. The number of hydrogen-bond donors (Lipinski definition) is 0. The Labute approximate surface area is 384 Å². The zero-order valence-electron chi connectivity index (χ0n) is 40.9. The molecule has 7 aromatic rings. The molecule has 10 rings (SSSR count). The fourth-order valence-corrected chi connectivity index (χ4v) is 12.3. The van der Waals surface area contributed by atoms with Crippen LogP contribution in [0.15, 0.2) is 152 Å². The van der Waals surface area contributed by atoms with Crippen LogP contribution in [0.5, 0.6) is 0 Å². The summed E-state index contributed by atoms with van der Waals surface area (Å²) in [5, 5.41) is 0. The highest BCUT2D eigenvalue weighted by atomic mass is 15.1. The van der Waals surface area contributed by atoms with E-state index in [-0.39, 0.29) is 37.9 Å². The molecule has 3 aliphatic rings. The third-order valence-electron chi connectivity index (χ3n) is 18.9. The van der Waals surface area contributed by atoms with E-state index in [0.717, 1.165) is 17.1 Å². The maximum Gasteiger partial charge on any atom is 0.0467 e. The van der Waals surface area contributed by atoms with Crippen molar-refractivity contribution in [1.29, 1.82) is 0 Å². The van der Waals surface area contributed by atoms with E-state index in [1.165, 1.54) is 77.9 Å². The van der Waals surface area contributed by atoms with Gasteiger partial charge in [0.2, 0.25) is 0 Å². The molecule has 0 atom stereocenters. The van der Waals surface area contributed by atoms with E-state index >= 15 is 0 Å². The summed E-state index contributed by atoms with van der Waals surface area (Å²) in [7, 11) is 0. The third-order valence-corrected chi connectivity index (χ3v) is 18.9. The topological polar surface area (TPSA) is 3.24 Å². The van der Waals surface area contributed by atoms with E-state index in [2.05, 4.69) is 253 Å². The van der Waals surface area contributed by atoms with Crippen LogP contribution in [0, 0.1) is 10.8 Å². The summed E-state index contributed by atoms with van der Waals surface area (Å²) >= 11 is 0. The minimum Gasteiger partial charge on any atom is -0.310 e. The van der Waals surface area contributed by atoms with Crippen molar-refractivity contribution >= 4 is 17.1 Å². The summed E-state index contributed by atoms with van der Waals surface area (Å²) in [4.78, 5) is 2.46. The van der Waals surface area contributed by atoms with Crippen molar-refractivity contribution < 1.29 is 0 Å². The molecule has 0 spiro atoms. The molecule has 0 heterocycles. The average molecular weight is 838 g/mol. The van der Waals surface area contributed by atoms with Gasteiger partial charge in [0.05, 0.1) is 0 Å². The third kappa shape index (κ3) is 5.61. The van der Waals surface area contributed by atoms with Crippen LogP contribution in [0.4, 0.5) is 17.1 Å². The number of hydrogen-bond acceptors (Lipinski definition) is 1. The highest BCUT2D eigenvalue weighted by Crippen LogP contribution is 2.64. The quantitative estimate of drug-likeness (QED) is 0.161. The lowest BCUT2D eigenvalue weighted by Gasteiger charge is -2.44. The maximum absolute atomic E-state index is 2.58. The smallest absolute Gasteiger partial charge is 0.0467 e. The Bertz CT molecular complexity index is 3000. The zero-order valence-corrected chi connectivity index (χ0v) is 40.9. The first kappa shape index (κ1) is 42.3. The van der Waals surface area contributed by atoms with Crippen molar-refractivity contribution in [2.24, 2.45) is 10.8 Å². The predicted octanol–water partition coefficient (Wildman–Crippen LogP) is 17.7. The molecule has 0 amide bonds. The van der Waals surface area contributed by atoms with E-state index in [4.69, 9.17) is 0 Å². The van der Waals surface area contributed by atoms with Crippen LogP contribution in [0.2, 0.25) is 0 Å². The lowest BCUT2D eigenvalue weighted by atomic mass is 9.59. The second-order valence-electron chi connectivity index (χ2n) is 23.2. The first-order chi connectivity index (χ1) is 30.0. The molecule has 0 fully saturated rings. The van der Waals surface area contributed by atoms with Crippen LogP contribution >= 0.6 is 0 Å². The van der Waals surface area contributed by atoms with Crippen LogP contribution in [0.3, 0.4) is 0 Å². The summed E-state index contributed by atoms with van der Waals surface area (Å²) in [5.41, 5.74) is 22.4. The summed E-state index contributed by atoms with van der Waals surface area (Å²) in [6.45, 7) is 34.3. The summed E-state index contributed by atoms with van der Waals surface area (Å²) in [6, 6.07) is 57.9. The number of rotatable bonds is 6. The van der Waals surface area contributed by atoms with Gasteiger partial charge in [0.1, 0.15) is 0 Å². The zero-order chi connectivity index (χ0) is 45.6. The molecule has 3 aliphatic carbocycles. The highest BCUT2D eigenvalue weighted by Gasteiger charge is 2.58. The first-order valence-electron chi connectivity index (χ1n) is 23.7. The molecular formula is C63H67N. The second kappa shape index (κ2) is 13.7. The van der Waals surface area contributed by atoms with Gasteiger partial charge in [-0.15, -0.1) is 0 Å². The van der Waals surface area contributed by atoms with Gasteiger partial charge in [0.15, 0.2) is 0 Å². The molecule has 1 heteroatoms. The number of nitrogens with zero attached hydrogens (tertiary/aromatic N) is 1. The van der Waals surface area contributed by atoms with Crippen molar-refractivity contribution in [3.8, 4) is 44.5 Å². The molecule has 0 N–H and O–H groups in total. The van der Waals surface area contributed by atoms with E-state index < -0.39 is 0 Å². The SMILES string of the molecule is CC1(C)c2ccccc2-c2ccc(N(c3ccc(-c4cc5c(cc4-c4ccc6c(c4)C(C)(C)C(C)(C)C6(C)C)C(C)(C)C(C)(C)C5(C)C)cc3)c3cccc(-c4ccccc4)c3)cc21. The van der Waals surface area contributed by atoms with Crippen molar-refractivity contribution in [1.82, 2.24) is 0 Å². The second-order valence-corrected chi connectivity index (χ2v) is 23.2. The molecule has 324 valence electrons. The molecule has 0 saturated heterocycles. The maximum atomic E-state index is 2.58. The molecule has 0 aromatic heterocycles. The number of benzene rings is 7. The molecule has 1 nitrogen and oxygen atoms in total. The number of fused-ring (bicyclic) bond motifs is 5. The van der Waals surface area contributed by atoms with Crippen molar-refractivity contribution in [2.45, 2.75) is 124 Å². The minimum absolute atomic E-state index is 0.0104. The normalized spacial score (nSPS) is 19.3. The van der Waals surface area contributed by atoms with Crippen molar-refractivity contribution in [3.05, 3.63) is 185 Å². The Kier molecular flexibility index (Phi) is 9.04. The Hall–Kier alpha value is -5.66. The van der Waals surface area contributed by atoms with Gasteiger partial charge in [0, 0.05) is 22.5 Å². The molecule has 64 heavy (non-hydrogen) atoms. The molecule has 7 aromatic carbocycles. The summed E-state index contributed by atoms with van der Waals surface area (Å²) in [6.07, 6.45) is 0. The molecule has 0 radical (unpaired) electrons. The molecule has 0 unspecified atom stereocenters. The minimum atomic E-state index is -0.109.